The lowest BCUT2D eigenvalue weighted by Crippen LogP contribution is -2.27. The van der Waals surface area contributed by atoms with Gasteiger partial charge in [-0.05, 0) is 19.4 Å². The summed E-state index contributed by atoms with van der Waals surface area (Å²) < 4.78 is 0. The average molecular weight is 246 g/mol. The summed E-state index contributed by atoms with van der Waals surface area (Å²) in [5, 5.41) is 13.9. The van der Waals surface area contributed by atoms with Crippen molar-refractivity contribution >= 4 is 15.8 Å². The first-order valence-electron chi connectivity index (χ1n) is 6.40. The Bertz CT molecular complexity index is 168. The lowest BCUT2D eigenvalue weighted by Gasteiger charge is -2.02. The molecule has 0 saturated carbocycles. The standard InChI is InChI=1S/C11H26N2O2Si/c12-16-13-10-8-6-4-2-1-3-5-7-9-11(14)15/h13H,1-10,12,16H2,(H,14,15). The Hall–Kier alpha value is -0.393. The van der Waals surface area contributed by atoms with Gasteiger partial charge in [0.1, 0.15) is 0 Å². The van der Waals surface area contributed by atoms with Crippen molar-refractivity contribution in [1.29, 1.82) is 0 Å². The number of carboxylic acid groups (broad SMARTS) is 1. The van der Waals surface area contributed by atoms with E-state index in [9.17, 15) is 4.79 Å². The molecule has 0 aromatic heterocycles. The zero-order chi connectivity index (χ0) is 12.1. The van der Waals surface area contributed by atoms with Crippen LogP contribution in [0.15, 0.2) is 0 Å². The van der Waals surface area contributed by atoms with Crippen LogP contribution in [0, 0.1) is 0 Å². The number of aliphatic carboxylic acids is 1. The molecule has 0 fully saturated rings. The first kappa shape index (κ1) is 15.6. The highest BCUT2D eigenvalue weighted by Crippen LogP contribution is 2.09. The summed E-state index contributed by atoms with van der Waals surface area (Å²) in [5.41, 5.74) is 0. The van der Waals surface area contributed by atoms with Gasteiger partial charge in [0, 0.05) is 6.42 Å². The van der Waals surface area contributed by atoms with Gasteiger partial charge in [-0.1, -0.05) is 38.5 Å². The van der Waals surface area contributed by atoms with Gasteiger partial charge < -0.3 is 15.5 Å². The van der Waals surface area contributed by atoms with Crippen LogP contribution in [0.5, 0.6) is 0 Å². The first-order valence-corrected chi connectivity index (χ1v) is 7.92. The molecule has 0 rings (SSSR count). The monoisotopic (exact) mass is 246 g/mol. The maximum Gasteiger partial charge on any atom is 0.303 e. The summed E-state index contributed by atoms with van der Waals surface area (Å²) in [7, 11) is -0.444. The maximum atomic E-state index is 10.2. The molecule has 0 aromatic rings. The molecular weight excluding hydrogens is 220 g/mol. The zero-order valence-electron chi connectivity index (χ0n) is 10.2. The Morgan fingerprint density at radius 2 is 1.50 bits per heavy atom. The summed E-state index contributed by atoms with van der Waals surface area (Å²) in [6.45, 7) is 1.08. The average Bonchev–Trinajstić information content (AvgIpc) is 2.25. The second-order valence-corrected chi connectivity index (χ2v) is 5.08. The van der Waals surface area contributed by atoms with Gasteiger partial charge in [-0.15, -0.1) is 0 Å². The van der Waals surface area contributed by atoms with Crippen LogP contribution in [0.3, 0.4) is 0 Å². The topological polar surface area (TPSA) is 75.3 Å². The van der Waals surface area contributed by atoms with E-state index >= 15 is 0 Å². The summed E-state index contributed by atoms with van der Waals surface area (Å²) in [4.78, 5) is 13.5. The number of rotatable bonds is 12. The molecular formula is C11H26N2O2Si. The van der Waals surface area contributed by atoms with Crippen molar-refractivity contribution in [3.63, 3.8) is 0 Å². The van der Waals surface area contributed by atoms with Crippen molar-refractivity contribution in [3.05, 3.63) is 0 Å². The predicted octanol–water partition coefficient (Wildman–Crippen LogP) is 1.13. The van der Waals surface area contributed by atoms with Crippen LogP contribution in [0.2, 0.25) is 0 Å². The van der Waals surface area contributed by atoms with Gasteiger partial charge in [-0.2, -0.15) is 0 Å². The quantitative estimate of drug-likeness (QED) is 0.356. The van der Waals surface area contributed by atoms with E-state index in [1.165, 1.54) is 38.5 Å². The Labute approximate surface area is 101 Å². The van der Waals surface area contributed by atoms with E-state index in [1.807, 2.05) is 0 Å². The third-order valence-corrected chi connectivity index (χ3v) is 3.28. The van der Waals surface area contributed by atoms with Gasteiger partial charge in [0.05, 0.1) is 0 Å². The molecule has 0 amide bonds. The van der Waals surface area contributed by atoms with Gasteiger partial charge in [0.2, 0.25) is 0 Å². The van der Waals surface area contributed by atoms with Gasteiger partial charge in [-0.25, -0.2) is 0 Å². The third-order valence-electron chi connectivity index (χ3n) is 2.64. The minimum absolute atomic E-state index is 0.328. The molecule has 0 spiro atoms. The van der Waals surface area contributed by atoms with Gasteiger partial charge in [0.15, 0.2) is 9.84 Å². The van der Waals surface area contributed by atoms with Gasteiger partial charge in [-0.3, -0.25) is 4.79 Å². The van der Waals surface area contributed by atoms with E-state index in [4.69, 9.17) is 10.5 Å². The van der Waals surface area contributed by atoms with Crippen LogP contribution < -0.4 is 10.4 Å². The molecule has 96 valence electrons. The second-order valence-electron chi connectivity index (χ2n) is 4.18. The minimum atomic E-state index is -0.670. The number of carbonyl (C=O) groups is 1. The molecule has 0 unspecified atom stereocenters. The Balaban J connectivity index is 2.90. The predicted molar refractivity (Wildman–Crippen MR) is 69.9 cm³/mol. The lowest BCUT2D eigenvalue weighted by molar-refractivity contribution is -0.137. The summed E-state index contributed by atoms with van der Waals surface area (Å²) in [6, 6.07) is 0. The highest BCUT2D eigenvalue weighted by molar-refractivity contribution is 6.27. The Kier molecular flexibility index (Phi) is 12.4. The van der Waals surface area contributed by atoms with Crippen molar-refractivity contribution in [1.82, 2.24) is 4.98 Å². The SMILES string of the molecule is N[SiH2]NCCCCCCCCCCC(=O)O. The number of hydrogen-bond donors (Lipinski definition) is 3. The van der Waals surface area contributed by atoms with E-state index in [1.54, 1.807) is 0 Å². The molecule has 4 nitrogen and oxygen atoms in total. The number of hydrogen-bond acceptors (Lipinski definition) is 3. The van der Waals surface area contributed by atoms with Crippen LogP contribution in [-0.2, 0) is 4.79 Å². The van der Waals surface area contributed by atoms with E-state index in [-0.39, 0.29) is 0 Å². The van der Waals surface area contributed by atoms with Gasteiger partial charge in [0.25, 0.3) is 0 Å². The highest BCUT2D eigenvalue weighted by atomic mass is 28.2. The second kappa shape index (κ2) is 12.7. The van der Waals surface area contributed by atoms with E-state index in [2.05, 4.69) is 4.98 Å². The molecule has 0 aliphatic carbocycles. The first-order chi connectivity index (χ1) is 7.77. The van der Waals surface area contributed by atoms with E-state index in [0.29, 0.717) is 6.42 Å². The molecule has 4 N–H and O–H groups in total. The molecule has 0 aliphatic rings. The maximum absolute atomic E-state index is 10.2. The summed E-state index contributed by atoms with van der Waals surface area (Å²) >= 11 is 0. The fourth-order valence-electron chi connectivity index (χ4n) is 1.69. The van der Waals surface area contributed by atoms with Crippen molar-refractivity contribution < 1.29 is 9.90 Å². The van der Waals surface area contributed by atoms with Crippen molar-refractivity contribution in [2.75, 3.05) is 6.54 Å². The fourth-order valence-corrected chi connectivity index (χ4v) is 2.14. The van der Waals surface area contributed by atoms with E-state index in [0.717, 1.165) is 19.4 Å². The zero-order valence-corrected chi connectivity index (χ0v) is 11.6. The van der Waals surface area contributed by atoms with Crippen molar-refractivity contribution in [2.24, 2.45) is 5.40 Å². The smallest absolute Gasteiger partial charge is 0.303 e. The molecule has 0 heterocycles. The molecule has 0 atom stereocenters. The van der Waals surface area contributed by atoms with E-state index < -0.39 is 15.8 Å². The largest absolute Gasteiger partial charge is 0.481 e. The molecule has 0 aromatic carbocycles. The molecule has 16 heavy (non-hydrogen) atoms. The fraction of sp³-hybridized carbons (Fsp3) is 0.909. The van der Waals surface area contributed by atoms with Gasteiger partial charge >= 0.3 is 5.97 Å². The minimum Gasteiger partial charge on any atom is -0.481 e. The number of nitrogens with one attached hydrogen (secondary N) is 1. The van der Waals surface area contributed by atoms with Crippen LogP contribution in [-0.4, -0.2) is 27.5 Å². The normalized spacial score (nSPS) is 11.3. The Morgan fingerprint density at radius 3 is 2.00 bits per heavy atom. The van der Waals surface area contributed by atoms with Crippen molar-refractivity contribution in [2.45, 2.75) is 57.8 Å². The summed E-state index contributed by atoms with van der Waals surface area (Å²) in [6.07, 6.45) is 9.77. The number of unbranched alkanes of at least 4 members (excludes halogenated alkanes) is 7. The third kappa shape index (κ3) is 13.6. The molecule has 0 saturated heterocycles. The van der Waals surface area contributed by atoms with Crippen molar-refractivity contribution in [3.8, 4) is 0 Å². The molecule has 0 bridgehead atoms. The molecule has 0 aliphatic heterocycles. The number of carboxylic acids is 1. The molecule has 0 radical (unpaired) electrons. The van der Waals surface area contributed by atoms with Crippen LogP contribution in [0.25, 0.3) is 0 Å². The number of nitrogens with two attached hydrogens (primary N) is 1. The van der Waals surface area contributed by atoms with Crippen LogP contribution in [0.4, 0.5) is 0 Å². The molecule has 5 heteroatoms. The highest BCUT2D eigenvalue weighted by Gasteiger charge is 1.96. The Morgan fingerprint density at radius 1 is 1.00 bits per heavy atom. The van der Waals surface area contributed by atoms with Crippen LogP contribution in [0.1, 0.15) is 57.8 Å². The lowest BCUT2D eigenvalue weighted by atomic mass is 10.1. The van der Waals surface area contributed by atoms with Crippen LogP contribution >= 0.6 is 0 Å². The summed E-state index contributed by atoms with van der Waals surface area (Å²) in [5.74, 6) is -0.670.